The minimum atomic E-state index is -1.14. The average molecular weight is 443 g/mol. The standard InChI is InChI=1S/C22H36BrNOS/c1-7-10-11-12-17-22(8-2,9-3)20(24-26(25)21(4,5)6)18-13-15-19(23)16-14-18/h8,13-16,20,24H,2,7,9-12,17H2,1,3-6H3/t20-,22-,26?/m0/s1. The Balaban J connectivity index is 3.22. The van der Waals surface area contributed by atoms with Crippen LogP contribution in [0.15, 0.2) is 41.4 Å². The van der Waals surface area contributed by atoms with E-state index >= 15 is 0 Å². The highest BCUT2D eigenvalue weighted by molar-refractivity contribution is 9.10. The van der Waals surface area contributed by atoms with E-state index in [4.69, 9.17) is 0 Å². The molecular weight excluding hydrogens is 406 g/mol. The van der Waals surface area contributed by atoms with Crippen molar-refractivity contribution in [1.29, 1.82) is 0 Å². The number of benzene rings is 1. The Morgan fingerprint density at radius 1 is 1.15 bits per heavy atom. The van der Waals surface area contributed by atoms with Crippen LogP contribution in [0.4, 0.5) is 0 Å². The summed E-state index contributed by atoms with van der Waals surface area (Å²) in [5.74, 6) is 0. The first-order chi connectivity index (χ1) is 12.2. The van der Waals surface area contributed by atoms with Gasteiger partial charge in [0.05, 0.1) is 21.8 Å². The molecule has 0 bridgehead atoms. The number of rotatable bonds is 11. The van der Waals surface area contributed by atoms with Crippen LogP contribution in [0.5, 0.6) is 0 Å². The molecule has 1 rings (SSSR count). The number of hydrogen-bond donors (Lipinski definition) is 1. The number of halogens is 1. The van der Waals surface area contributed by atoms with Crippen LogP contribution < -0.4 is 4.72 Å². The summed E-state index contributed by atoms with van der Waals surface area (Å²) < 4.78 is 17.1. The highest BCUT2D eigenvalue weighted by Gasteiger charge is 2.37. The van der Waals surface area contributed by atoms with E-state index in [0.29, 0.717) is 0 Å². The number of nitrogens with one attached hydrogen (secondary N) is 1. The summed E-state index contributed by atoms with van der Waals surface area (Å²) in [6, 6.07) is 8.36. The molecule has 26 heavy (non-hydrogen) atoms. The van der Waals surface area contributed by atoms with E-state index in [9.17, 15) is 4.21 Å². The van der Waals surface area contributed by atoms with Crippen molar-refractivity contribution < 1.29 is 4.21 Å². The molecule has 1 aromatic rings. The average Bonchev–Trinajstić information content (AvgIpc) is 2.61. The Morgan fingerprint density at radius 3 is 2.23 bits per heavy atom. The molecule has 0 aliphatic heterocycles. The molecule has 0 saturated heterocycles. The van der Waals surface area contributed by atoms with Gasteiger partial charge in [0.15, 0.2) is 0 Å². The number of unbranched alkanes of at least 4 members (excludes halogenated alkanes) is 3. The second-order valence-corrected chi connectivity index (χ2v) is 11.0. The number of hydrogen-bond acceptors (Lipinski definition) is 1. The lowest BCUT2D eigenvalue weighted by atomic mass is 9.72. The van der Waals surface area contributed by atoms with Gasteiger partial charge in [0, 0.05) is 9.89 Å². The fourth-order valence-electron chi connectivity index (χ4n) is 3.23. The van der Waals surface area contributed by atoms with Crippen molar-refractivity contribution in [2.75, 3.05) is 0 Å². The van der Waals surface area contributed by atoms with Gasteiger partial charge in [0.25, 0.3) is 0 Å². The molecule has 3 atom stereocenters. The topological polar surface area (TPSA) is 29.1 Å². The molecule has 1 N–H and O–H groups in total. The van der Waals surface area contributed by atoms with E-state index in [2.05, 4.69) is 71.4 Å². The fourth-order valence-corrected chi connectivity index (χ4v) is 4.43. The molecule has 1 unspecified atom stereocenters. The van der Waals surface area contributed by atoms with Gasteiger partial charge >= 0.3 is 0 Å². The minimum absolute atomic E-state index is 0.0141. The van der Waals surface area contributed by atoms with Gasteiger partial charge in [0.2, 0.25) is 0 Å². The molecule has 148 valence electrons. The van der Waals surface area contributed by atoms with Crippen molar-refractivity contribution in [3.05, 3.63) is 47.0 Å². The zero-order valence-electron chi connectivity index (χ0n) is 17.1. The third kappa shape index (κ3) is 6.61. The smallest absolute Gasteiger partial charge is 0.0976 e. The Labute approximate surface area is 172 Å². The molecule has 0 amide bonds. The first-order valence-electron chi connectivity index (χ1n) is 9.77. The first-order valence-corrected chi connectivity index (χ1v) is 11.7. The zero-order valence-corrected chi connectivity index (χ0v) is 19.5. The molecule has 0 spiro atoms. The van der Waals surface area contributed by atoms with Crippen molar-refractivity contribution in [1.82, 2.24) is 4.72 Å². The van der Waals surface area contributed by atoms with Crippen molar-refractivity contribution >= 4 is 26.9 Å². The van der Waals surface area contributed by atoms with Crippen LogP contribution in [0.25, 0.3) is 0 Å². The van der Waals surface area contributed by atoms with E-state index in [-0.39, 0.29) is 16.2 Å². The van der Waals surface area contributed by atoms with Gasteiger partial charge in [-0.05, 0) is 51.3 Å². The molecule has 0 aliphatic rings. The van der Waals surface area contributed by atoms with Crippen molar-refractivity contribution in [2.24, 2.45) is 5.41 Å². The largest absolute Gasteiger partial charge is 0.242 e. The molecule has 0 saturated carbocycles. The Hall–Kier alpha value is -0.450. The maximum atomic E-state index is 12.9. The van der Waals surface area contributed by atoms with Crippen LogP contribution in [0, 0.1) is 5.41 Å². The van der Waals surface area contributed by atoms with E-state index in [1.54, 1.807) is 0 Å². The second-order valence-electron chi connectivity index (χ2n) is 8.09. The van der Waals surface area contributed by atoms with Gasteiger partial charge in [-0.3, -0.25) is 0 Å². The summed E-state index contributed by atoms with van der Waals surface area (Å²) in [4.78, 5) is 0. The summed E-state index contributed by atoms with van der Waals surface area (Å²) in [5.41, 5.74) is 1.06. The zero-order chi connectivity index (χ0) is 19.8. The van der Waals surface area contributed by atoms with Gasteiger partial charge in [-0.15, -0.1) is 6.58 Å². The van der Waals surface area contributed by atoms with Gasteiger partial charge in [-0.25, -0.2) is 8.93 Å². The Bertz CT molecular complexity index is 579. The molecule has 0 fully saturated rings. The molecule has 0 radical (unpaired) electrons. The third-order valence-corrected chi connectivity index (χ3v) is 7.21. The third-order valence-electron chi connectivity index (χ3n) is 5.12. The Kier molecular flexibility index (Phi) is 9.77. The highest BCUT2D eigenvalue weighted by atomic mass is 79.9. The molecule has 1 aromatic carbocycles. The van der Waals surface area contributed by atoms with Gasteiger partial charge in [-0.1, -0.05) is 73.7 Å². The second kappa shape index (κ2) is 10.8. The lowest BCUT2D eigenvalue weighted by Crippen LogP contribution is -2.42. The lowest BCUT2D eigenvalue weighted by molar-refractivity contribution is 0.246. The van der Waals surface area contributed by atoms with E-state index < -0.39 is 11.0 Å². The highest BCUT2D eigenvalue weighted by Crippen LogP contribution is 2.43. The van der Waals surface area contributed by atoms with Crippen molar-refractivity contribution in [3.63, 3.8) is 0 Å². The van der Waals surface area contributed by atoms with Crippen LogP contribution in [0.1, 0.15) is 84.7 Å². The summed E-state index contributed by atoms with van der Waals surface area (Å²) >= 11 is 3.52. The molecule has 2 nitrogen and oxygen atoms in total. The maximum Gasteiger partial charge on any atom is 0.0976 e. The predicted molar refractivity (Wildman–Crippen MR) is 120 cm³/mol. The van der Waals surface area contributed by atoms with Crippen LogP contribution in [-0.4, -0.2) is 8.96 Å². The molecule has 4 heteroatoms. The quantitative estimate of drug-likeness (QED) is 0.288. The Morgan fingerprint density at radius 2 is 1.77 bits per heavy atom. The SMILES string of the molecule is C=C[C@](CC)(CCCCCC)[C@@H](NS(=O)C(C)(C)C)c1ccc(Br)cc1. The van der Waals surface area contributed by atoms with Gasteiger partial charge in [-0.2, -0.15) is 0 Å². The van der Waals surface area contributed by atoms with Gasteiger partial charge in [0.1, 0.15) is 0 Å². The predicted octanol–water partition coefficient (Wildman–Crippen LogP) is 7.09. The molecule has 0 heterocycles. The van der Waals surface area contributed by atoms with E-state index in [0.717, 1.165) is 17.3 Å². The maximum absolute atomic E-state index is 12.9. The molecule has 0 aromatic heterocycles. The van der Waals surface area contributed by atoms with Crippen molar-refractivity contribution in [2.45, 2.75) is 83.9 Å². The van der Waals surface area contributed by atoms with Crippen LogP contribution in [-0.2, 0) is 11.0 Å². The first kappa shape index (κ1) is 23.6. The monoisotopic (exact) mass is 441 g/mol. The summed E-state index contributed by atoms with van der Waals surface area (Å²) in [6.45, 7) is 14.7. The summed E-state index contributed by atoms with van der Waals surface area (Å²) in [7, 11) is -1.14. The van der Waals surface area contributed by atoms with Crippen LogP contribution in [0.3, 0.4) is 0 Å². The summed E-state index contributed by atoms with van der Waals surface area (Å²) in [6.07, 6.45) is 9.03. The normalized spacial score (nSPS) is 16.7. The fraction of sp³-hybridized carbons (Fsp3) is 0.636. The summed E-state index contributed by atoms with van der Waals surface area (Å²) in [5, 5.41) is 0. The van der Waals surface area contributed by atoms with Gasteiger partial charge < -0.3 is 0 Å². The van der Waals surface area contributed by atoms with E-state index in [1.807, 2.05) is 20.8 Å². The molecule has 0 aliphatic carbocycles. The van der Waals surface area contributed by atoms with Crippen LogP contribution in [0.2, 0.25) is 0 Å². The van der Waals surface area contributed by atoms with Crippen molar-refractivity contribution in [3.8, 4) is 0 Å². The van der Waals surface area contributed by atoms with E-state index in [1.165, 1.54) is 31.2 Å². The lowest BCUT2D eigenvalue weighted by Gasteiger charge is -2.40. The minimum Gasteiger partial charge on any atom is -0.242 e. The molecular formula is C22H36BrNOS. The van der Waals surface area contributed by atoms with Crippen LogP contribution >= 0.6 is 15.9 Å².